The van der Waals surface area contributed by atoms with Crippen LogP contribution in [0.25, 0.3) is 0 Å². The number of allylic oxidation sites excluding steroid dienone is 4. The molecule has 1 fully saturated rings. The fourth-order valence-electron chi connectivity index (χ4n) is 5.54. The Labute approximate surface area is 229 Å². The highest BCUT2D eigenvalue weighted by Crippen LogP contribution is 2.53. The van der Waals surface area contributed by atoms with Gasteiger partial charge in [0.15, 0.2) is 0 Å². The van der Waals surface area contributed by atoms with Crippen LogP contribution in [0.5, 0.6) is 0 Å². The second-order valence-corrected chi connectivity index (χ2v) is 10.9. The molecule has 212 valence electrons. The molecule has 0 aromatic heterocycles. The van der Waals surface area contributed by atoms with Crippen molar-refractivity contribution >= 4 is 29.4 Å². The Bertz CT molecular complexity index is 1170. The van der Waals surface area contributed by atoms with Gasteiger partial charge < -0.3 is 31.5 Å². The summed E-state index contributed by atoms with van der Waals surface area (Å²) >= 11 is 0. The first kappa shape index (κ1) is 29.9. The Morgan fingerprint density at radius 1 is 1.15 bits per heavy atom. The molecular weight excluding hydrogens is 500 g/mol. The number of carboxylic acids is 2. The molecule has 0 saturated carbocycles. The van der Waals surface area contributed by atoms with Crippen LogP contribution in [0.4, 0.5) is 5.69 Å². The number of likely N-dealkylation sites (tertiary alicyclic amines) is 1. The molecule has 3 rings (SSSR count). The molecule has 2 amide bonds. The zero-order valence-electron chi connectivity index (χ0n) is 23.1. The van der Waals surface area contributed by atoms with Crippen LogP contribution >= 0.6 is 0 Å². The van der Waals surface area contributed by atoms with Gasteiger partial charge in [-0.15, -0.1) is 0 Å². The lowest BCUT2D eigenvalue weighted by molar-refractivity contribution is -0.145. The van der Waals surface area contributed by atoms with Gasteiger partial charge in [-0.05, 0) is 71.4 Å². The molecule has 2 heterocycles. The summed E-state index contributed by atoms with van der Waals surface area (Å²) < 4.78 is 0. The van der Waals surface area contributed by atoms with Gasteiger partial charge in [-0.1, -0.05) is 41.5 Å². The van der Waals surface area contributed by atoms with Gasteiger partial charge in [0.1, 0.15) is 18.2 Å². The second-order valence-electron chi connectivity index (χ2n) is 10.9. The lowest BCUT2D eigenvalue weighted by Gasteiger charge is -2.34. The number of nitrogens with one attached hydrogen (secondary N) is 2. The predicted octanol–water partition coefficient (Wildman–Crippen LogP) is 3.14. The molecule has 0 bridgehead atoms. The lowest BCUT2D eigenvalue weighted by Crippen LogP contribution is -2.57. The molecule has 1 aromatic carbocycles. The van der Waals surface area contributed by atoms with Crippen LogP contribution in [0.2, 0.25) is 0 Å². The van der Waals surface area contributed by atoms with Crippen LogP contribution in [0, 0.1) is 0 Å². The highest BCUT2D eigenvalue weighted by atomic mass is 16.4. The molecule has 10 nitrogen and oxygen atoms in total. The van der Waals surface area contributed by atoms with Gasteiger partial charge >= 0.3 is 11.9 Å². The molecule has 0 unspecified atom stereocenters. The van der Waals surface area contributed by atoms with Crippen molar-refractivity contribution in [3.8, 4) is 0 Å². The first-order valence-electron chi connectivity index (χ1n) is 13.3. The van der Waals surface area contributed by atoms with E-state index in [-0.39, 0.29) is 12.8 Å². The van der Waals surface area contributed by atoms with Crippen molar-refractivity contribution in [1.82, 2.24) is 10.2 Å². The number of para-hydroxylation sites is 1. The maximum Gasteiger partial charge on any atom is 0.326 e. The number of fused-ring (bicyclic) bond motifs is 3. The van der Waals surface area contributed by atoms with Crippen LogP contribution in [-0.4, -0.2) is 63.2 Å². The topological polar surface area (TPSA) is 162 Å². The number of aliphatic carboxylic acids is 2. The summed E-state index contributed by atoms with van der Waals surface area (Å²) in [5, 5.41) is 24.5. The number of anilines is 1. The van der Waals surface area contributed by atoms with Gasteiger partial charge in [-0.25, -0.2) is 4.79 Å². The number of rotatable bonds is 12. The maximum atomic E-state index is 13.6. The molecule has 10 heteroatoms. The first-order valence-corrected chi connectivity index (χ1v) is 13.3. The summed E-state index contributed by atoms with van der Waals surface area (Å²) in [5.41, 5.74) is 9.70. The fraction of sp³-hybridized carbons (Fsp3) is 0.517. The molecule has 0 spiro atoms. The van der Waals surface area contributed by atoms with Gasteiger partial charge in [0.05, 0.1) is 6.04 Å². The van der Waals surface area contributed by atoms with Crippen LogP contribution in [-0.2, 0) is 24.6 Å². The SMILES string of the molecule is CC(C)=CCC/C(C)=C/C[C@]12C[C@@H](C(=O)N[C@@H](CCC(=O)O)C(=O)O)N(C(=O)[C@H](C)N)[C@H]1Nc1ccccc12. The molecule has 0 aliphatic carbocycles. The van der Waals surface area contributed by atoms with Crippen molar-refractivity contribution in [2.45, 2.75) is 95.9 Å². The highest BCUT2D eigenvalue weighted by Gasteiger charge is 2.60. The van der Waals surface area contributed by atoms with Crippen molar-refractivity contribution in [2.75, 3.05) is 5.32 Å². The minimum Gasteiger partial charge on any atom is -0.481 e. The van der Waals surface area contributed by atoms with Crippen LogP contribution < -0.4 is 16.4 Å². The Morgan fingerprint density at radius 3 is 2.46 bits per heavy atom. The minimum atomic E-state index is -1.39. The Kier molecular flexibility index (Phi) is 9.55. The van der Waals surface area contributed by atoms with Gasteiger partial charge in [-0.3, -0.25) is 14.4 Å². The Morgan fingerprint density at radius 2 is 1.85 bits per heavy atom. The first-order chi connectivity index (χ1) is 18.4. The van der Waals surface area contributed by atoms with Crippen LogP contribution in [0.1, 0.15) is 71.8 Å². The number of hydrogen-bond acceptors (Lipinski definition) is 6. The number of nitrogens with two attached hydrogens (primary N) is 1. The monoisotopic (exact) mass is 540 g/mol. The number of nitrogens with zero attached hydrogens (tertiary/aromatic N) is 1. The molecule has 0 radical (unpaired) electrons. The van der Waals surface area contributed by atoms with Crippen molar-refractivity contribution < 1.29 is 29.4 Å². The number of carboxylic acid groups (broad SMARTS) is 2. The standard InChI is InChI=1S/C29H40N4O6/c1-17(2)8-7-9-18(3)14-15-29-16-23(25(36)31-22(27(38)39)12-13-24(34)35)33(26(37)19(4)30)28(29)32-21-11-6-5-10-20(21)29/h5-6,8,10-11,14,19,22-23,28,32H,7,9,12-13,15-16,30H2,1-4H3,(H,31,36)(H,34,35)(H,38,39)/b18-14+/t19-,22-,23-,28+,29+/m0/s1. The number of benzene rings is 1. The van der Waals surface area contributed by atoms with E-state index in [2.05, 4.69) is 43.6 Å². The van der Waals surface area contributed by atoms with E-state index in [9.17, 15) is 24.3 Å². The predicted molar refractivity (Wildman–Crippen MR) is 148 cm³/mol. The summed E-state index contributed by atoms with van der Waals surface area (Å²) in [7, 11) is 0. The molecule has 5 atom stereocenters. The zero-order valence-corrected chi connectivity index (χ0v) is 23.1. The van der Waals surface area contributed by atoms with E-state index in [0.29, 0.717) is 6.42 Å². The van der Waals surface area contributed by atoms with E-state index in [0.717, 1.165) is 24.1 Å². The number of carbonyl (C=O) groups excluding carboxylic acids is 2. The van der Waals surface area contributed by atoms with Gasteiger partial charge in [0, 0.05) is 17.5 Å². The zero-order chi connectivity index (χ0) is 28.9. The average Bonchev–Trinajstić information content (AvgIpc) is 3.35. The highest BCUT2D eigenvalue weighted by molar-refractivity contribution is 5.94. The summed E-state index contributed by atoms with van der Waals surface area (Å²) in [5.74, 6) is -3.56. The van der Waals surface area contributed by atoms with Crippen molar-refractivity contribution in [3.63, 3.8) is 0 Å². The van der Waals surface area contributed by atoms with E-state index in [1.807, 2.05) is 24.3 Å². The Hall–Kier alpha value is -3.66. The second kappa shape index (κ2) is 12.5. The molecule has 6 N–H and O–H groups in total. The van der Waals surface area contributed by atoms with Crippen LogP contribution in [0.3, 0.4) is 0 Å². The smallest absolute Gasteiger partial charge is 0.326 e. The summed E-state index contributed by atoms with van der Waals surface area (Å²) in [4.78, 5) is 51.3. The van der Waals surface area contributed by atoms with Crippen LogP contribution in [0.15, 0.2) is 47.6 Å². The fourth-order valence-corrected chi connectivity index (χ4v) is 5.54. The quantitative estimate of drug-likeness (QED) is 0.253. The minimum absolute atomic E-state index is 0.259. The number of amides is 2. The third-order valence-corrected chi connectivity index (χ3v) is 7.56. The summed E-state index contributed by atoms with van der Waals surface area (Å²) in [6.07, 6.45) is 5.74. The molecule has 1 aromatic rings. The van der Waals surface area contributed by atoms with Crippen molar-refractivity contribution in [3.05, 3.63) is 53.1 Å². The van der Waals surface area contributed by atoms with E-state index in [1.165, 1.54) is 16.0 Å². The lowest BCUT2D eigenvalue weighted by atomic mass is 9.74. The molecule has 2 aliphatic heterocycles. The largest absolute Gasteiger partial charge is 0.481 e. The van der Waals surface area contributed by atoms with Crippen molar-refractivity contribution in [1.29, 1.82) is 0 Å². The van der Waals surface area contributed by atoms with E-state index in [1.54, 1.807) is 6.92 Å². The summed E-state index contributed by atoms with van der Waals surface area (Å²) in [6, 6.07) is 4.50. The third-order valence-electron chi connectivity index (χ3n) is 7.56. The van der Waals surface area contributed by atoms with Gasteiger partial charge in [0.25, 0.3) is 0 Å². The third kappa shape index (κ3) is 6.68. The maximum absolute atomic E-state index is 13.6. The summed E-state index contributed by atoms with van der Waals surface area (Å²) in [6.45, 7) is 7.75. The Balaban J connectivity index is 1.98. The van der Waals surface area contributed by atoms with Gasteiger partial charge in [0.2, 0.25) is 11.8 Å². The average molecular weight is 541 g/mol. The molecule has 1 saturated heterocycles. The normalized spacial score (nSPS) is 23.2. The van der Waals surface area contributed by atoms with E-state index < -0.39 is 59.9 Å². The van der Waals surface area contributed by atoms with E-state index >= 15 is 0 Å². The van der Waals surface area contributed by atoms with E-state index in [4.69, 9.17) is 10.8 Å². The molecular formula is C29H40N4O6. The molecule has 2 aliphatic rings. The number of hydrogen-bond donors (Lipinski definition) is 5. The number of carbonyl (C=O) groups is 4. The van der Waals surface area contributed by atoms with Gasteiger partial charge in [-0.2, -0.15) is 0 Å². The molecule has 39 heavy (non-hydrogen) atoms. The van der Waals surface area contributed by atoms with Crippen molar-refractivity contribution in [2.24, 2.45) is 5.73 Å².